The summed E-state index contributed by atoms with van der Waals surface area (Å²) in [5, 5.41) is 0. The second-order valence-corrected chi connectivity index (χ2v) is 7.08. The first-order chi connectivity index (χ1) is 10.3. The molecule has 2 aliphatic rings. The Labute approximate surface area is 131 Å². The van der Waals surface area contributed by atoms with Crippen molar-refractivity contribution in [1.82, 2.24) is 14.9 Å². The molecule has 0 saturated carbocycles. The third-order valence-electron chi connectivity index (χ3n) is 4.11. The molecule has 1 fully saturated rings. The summed E-state index contributed by atoms with van der Waals surface area (Å²) in [6.07, 6.45) is 0.910. The summed E-state index contributed by atoms with van der Waals surface area (Å²) in [5.74, 6) is 1.76. The molecule has 0 aromatic carbocycles. The van der Waals surface area contributed by atoms with E-state index >= 15 is 0 Å². The van der Waals surface area contributed by atoms with Crippen molar-refractivity contribution >= 4 is 11.9 Å². The van der Waals surface area contributed by atoms with E-state index in [1.54, 1.807) is 4.90 Å². The third kappa shape index (κ3) is 2.62. The maximum absolute atomic E-state index is 12.4. The second-order valence-electron chi connectivity index (χ2n) is 7.08. The summed E-state index contributed by atoms with van der Waals surface area (Å²) in [6, 6.07) is -0.0546. The molecule has 1 aromatic heterocycles. The minimum atomic E-state index is -0.493. The molecule has 120 valence electrons. The van der Waals surface area contributed by atoms with E-state index in [0.29, 0.717) is 6.54 Å². The van der Waals surface area contributed by atoms with Crippen LogP contribution in [0.25, 0.3) is 0 Å². The lowest BCUT2D eigenvalue weighted by molar-refractivity contribution is 0.0186. The Balaban J connectivity index is 1.90. The number of fused-ring (bicyclic) bond motifs is 1. The number of hydrogen-bond donors (Lipinski definition) is 0. The van der Waals surface area contributed by atoms with Gasteiger partial charge in [0, 0.05) is 18.7 Å². The highest BCUT2D eigenvalue weighted by Crippen LogP contribution is 2.39. The van der Waals surface area contributed by atoms with Crippen molar-refractivity contribution in [2.75, 3.05) is 18.0 Å². The van der Waals surface area contributed by atoms with Crippen molar-refractivity contribution < 1.29 is 9.53 Å². The Morgan fingerprint density at radius 2 is 1.95 bits per heavy atom. The van der Waals surface area contributed by atoms with Gasteiger partial charge in [-0.15, -0.1) is 0 Å². The number of carbonyl (C=O) groups excluding carboxylic acids is 1. The zero-order chi connectivity index (χ0) is 16.1. The topological polar surface area (TPSA) is 58.6 Å². The van der Waals surface area contributed by atoms with Crippen molar-refractivity contribution in [3.63, 3.8) is 0 Å². The highest BCUT2D eigenvalue weighted by Gasteiger charge is 2.38. The number of amides is 1. The molecule has 1 amide bonds. The number of anilines is 1. The molecule has 0 spiro atoms. The van der Waals surface area contributed by atoms with Gasteiger partial charge in [0.15, 0.2) is 0 Å². The summed E-state index contributed by atoms with van der Waals surface area (Å²) in [7, 11) is 0. The van der Waals surface area contributed by atoms with Crippen LogP contribution in [0, 0.1) is 6.92 Å². The largest absolute Gasteiger partial charge is 0.444 e. The Bertz CT molecular complexity index is 605. The van der Waals surface area contributed by atoms with Gasteiger partial charge in [-0.25, -0.2) is 14.8 Å². The number of hydrogen-bond acceptors (Lipinski definition) is 5. The molecule has 0 N–H and O–H groups in total. The number of ether oxygens (including phenoxy) is 1. The van der Waals surface area contributed by atoms with Crippen LogP contribution in [-0.4, -0.2) is 39.7 Å². The Morgan fingerprint density at radius 3 is 2.50 bits per heavy atom. The number of nitrogens with zero attached hydrogens (tertiary/aromatic N) is 4. The second kappa shape index (κ2) is 5.11. The molecule has 1 saturated heterocycles. The monoisotopic (exact) mass is 304 g/mol. The van der Waals surface area contributed by atoms with Crippen molar-refractivity contribution in [2.45, 2.75) is 59.2 Å². The molecule has 0 bridgehead atoms. The summed E-state index contributed by atoms with van der Waals surface area (Å²) in [6.45, 7) is 12.1. The van der Waals surface area contributed by atoms with E-state index < -0.39 is 5.60 Å². The molecule has 22 heavy (non-hydrogen) atoms. The van der Waals surface area contributed by atoms with Crippen molar-refractivity contribution in [3.05, 3.63) is 17.1 Å². The maximum Gasteiger partial charge on any atom is 0.411 e. The minimum absolute atomic E-state index is 0.0546. The van der Waals surface area contributed by atoms with Crippen molar-refractivity contribution in [3.8, 4) is 0 Å². The minimum Gasteiger partial charge on any atom is -0.444 e. The standard InChI is InChI=1S/C16H24N4O2/c1-10-13-12(9-20(10)15(21)22-16(3,4)5)17-11(2)18-14(13)19-7-6-8-19/h10H,6-9H2,1-5H3/t10-/m0/s1. The molecular formula is C16H24N4O2. The molecule has 0 radical (unpaired) electrons. The predicted molar refractivity (Wildman–Crippen MR) is 83.8 cm³/mol. The normalized spacial score (nSPS) is 20.7. The van der Waals surface area contributed by atoms with Crippen LogP contribution in [0.2, 0.25) is 0 Å². The van der Waals surface area contributed by atoms with Gasteiger partial charge in [0.05, 0.1) is 18.3 Å². The predicted octanol–water partition coefficient (Wildman–Crippen LogP) is 2.81. The third-order valence-corrected chi connectivity index (χ3v) is 4.11. The molecule has 1 aromatic rings. The lowest BCUT2D eigenvalue weighted by atomic mass is 10.1. The summed E-state index contributed by atoms with van der Waals surface area (Å²) < 4.78 is 5.52. The molecule has 2 aliphatic heterocycles. The molecule has 3 heterocycles. The average molecular weight is 304 g/mol. The van der Waals surface area contributed by atoms with Gasteiger partial charge < -0.3 is 9.64 Å². The van der Waals surface area contributed by atoms with Crippen LogP contribution in [0.5, 0.6) is 0 Å². The zero-order valence-corrected chi connectivity index (χ0v) is 14.0. The Morgan fingerprint density at radius 1 is 1.27 bits per heavy atom. The van der Waals surface area contributed by atoms with E-state index in [0.717, 1.165) is 36.0 Å². The molecule has 0 aliphatic carbocycles. The average Bonchev–Trinajstić information content (AvgIpc) is 2.62. The maximum atomic E-state index is 12.4. The van der Waals surface area contributed by atoms with E-state index in [1.165, 1.54) is 6.42 Å². The van der Waals surface area contributed by atoms with Gasteiger partial charge in [0.2, 0.25) is 0 Å². The molecule has 1 atom stereocenters. The van der Waals surface area contributed by atoms with Gasteiger partial charge in [-0.05, 0) is 41.0 Å². The van der Waals surface area contributed by atoms with E-state index in [4.69, 9.17) is 4.74 Å². The van der Waals surface area contributed by atoms with E-state index in [1.807, 2.05) is 34.6 Å². The first-order valence-corrected chi connectivity index (χ1v) is 7.88. The molecule has 0 unspecified atom stereocenters. The smallest absolute Gasteiger partial charge is 0.411 e. The fraction of sp³-hybridized carbons (Fsp3) is 0.688. The lowest BCUT2D eigenvalue weighted by Crippen LogP contribution is -2.39. The fourth-order valence-corrected chi connectivity index (χ4v) is 2.94. The van der Waals surface area contributed by atoms with Crippen LogP contribution in [0.3, 0.4) is 0 Å². The van der Waals surface area contributed by atoms with Gasteiger partial charge in [-0.3, -0.25) is 4.90 Å². The van der Waals surface area contributed by atoms with Gasteiger partial charge in [-0.2, -0.15) is 0 Å². The van der Waals surface area contributed by atoms with E-state index in [2.05, 4.69) is 14.9 Å². The summed E-state index contributed by atoms with van der Waals surface area (Å²) >= 11 is 0. The summed E-state index contributed by atoms with van der Waals surface area (Å²) in [5.41, 5.74) is 1.54. The van der Waals surface area contributed by atoms with Crippen LogP contribution in [0.1, 0.15) is 57.2 Å². The number of carbonyl (C=O) groups is 1. The zero-order valence-electron chi connectivity index (χ0n) is 14.0. The van der Waals surface area contributed by atoms with Gasteiger partial charge in [0.25, 0.3) is 0 Å². The van der Waals surface area contributed by atoms with E-state index in [9.17, 15) is 4.79 Å². The molecule has 6 nitrogen and oxygen atoms in total. The van der Waals surface area contributed by atoms with Gasteiger partial charge >= 0.3 is 6.09 Å². The number of aryl methyl sites for hydroxylation is 1. The Hall–Kier alpha value is -1.85. The van der Waals surface area contributed by atoms with Gasteiger partial charge in [-0.1, -0.05) is 0 Å². The first-order valence-electron chi connectivity index (χ1n) is 7.88. The quantitative estimate of drug-likeness (QED) is 0.798. The van der Waals surface area contributed by atoms with E-state index in [-0.39, 0.29) is 12.1 Å². The van der Waals surface area contributed by atoms with Crippen molar-refractivity contribution in [1.29, 1.82) is 0 Å². The number of rotatable bonds is 1. The highest BCUT2D eigenvalue weighted by atomic mass is 16.6. The summed E-state index contributed by atoms with van der Waals surface area (Å²) in [4.78, 5) is 25.6. The molecule has 6 heteroatoms. The molecular weight excluding hydrogens is 280 g/mol. The molecule has 3 rings (SSSR count). The number of aromatic nitrogens is 2. The highest BCUT2D eigenvalue weighted by molar-refractivity contribution is 5.71. The van der Waals surface area contributed by atoms with Crippen LogP contribution < -0.4 is 4.90 Å². The SMILES string of the molecule is Cc1nc2c(c(N3CCC3)n1)[C@H](C)N(C(=O)OC(C)(C)C)C2. The fourth-order valence-electron chi connectivity index (χ4n) is 2.94. The first kappa shape index (κ1) is 15.1. The van der Waals surface area contributed by atoms with Gasteiger partial charge in [0.1, 0.15) is 17.2 Å². The lowest BCUT2D eigenvalue weighted by Gasteiger charge is -2.34. The van der Waals surface area contributed by atoms with Crippen LogP contribution >= 0.6 is 0 Å². The van der Waals surface area contributed by atoms with Crippen molar-refractivity contribution in [2.24, 2.45) is 0 Å². The van der Waals surface area contributed by atoms with Crippen LogP contribution in [0.4, 0.5) is 10.6 Å². The van der Waals surface area contributed by atoms with Crippen LogP contribution in [-0.2, 0) is 11.3 Å². The van der Waals surface area contributed by atoms with Crippen LogP contribution in [0.15, 0.2) is 0 Å². The Kier molecular flexibility index (Phi) is 3.50.